The van der Waals surface area contributed by atoms with Crippen LogP contribution in [0.25, 0.3) is 87.8 Å². The van der Waals surface area contributed by atoms with Crippen molar-refractivity contribution in [2.45, 2.75) is 0 Å². The van der Waals surface area contributed by atoms with Crippen LogP contribution in [0.2, 0.25) is 0 Å². The molecule has 0 saturated carbocycles. The fourth-order valence-electron chi connectivity index (χ4n) is 6.64. The zero-order chi connectivity index (χ0) is 29.0. The van der Waals surface area contributed by atoms with Gasteiger partial charge in [0, 0.05) is 34.5 Å². The Bertz CT molecular complexity index is 2320. The van der Waals surface area contributed by atoms with Crippen LogP contribution in [0.1, 0.15) is 0 Å². The molecule has 0 aliphatic rings. The number of hydrogen-bond donors (Lipinski definition) is 0. The highest BCUT2D eigenvalue weighted by molar-refractivity contribution is 6.14. The second-order valence-electron chi connectivity index (χ2n) is 11.3. The van der Waals surface area contributed by atoms with Gasteiger partial charge in [0.15, 0.2) is 5.82 Å². The second-order valence-corrected chi connectivity index (χ2v) is 11.3. The summed E-state index contributed by atoms with van der Waals surface area (Å²) in [5.41, 5.74) is 5.01. The van der Waals surface area contributed by atoms with E-state index in [1.807, 2.05) is 18.5 Å². The van der Waals surface area contributed by atoms with Crippen LogP contribution < -0.4 is 0 Å². The molecule has 44 heavy (non-hydrogen) atoms. The summed E-state index contributed by atoms with van der Waals surface area (Å²) < 4.78 is 0. The first kappa shape index (κ1) is 24.6. The van der Waals surface area contributed by atoms with Gasteiger partial charge < -0.3 is 0 Å². The smallest absolute Gasteiger partial charge is 0.160 e. The highest BCUT2D eigenvalue weighted by Gasteiger charge is 2.18. The molecule has 7 aromatic carbocycles. The van der Waals surface area contributed by atoms with Gasteiger partial charge in [0.1, 0.15) is 0 Å². The Balaban J connectivity index is 1.43. The summed E-state index contributed by atoms with van der Waals surface area (Å²) in [5.74, 6) is 0.692. The lowest BCUT2D eigenvalue weighted by atomic mass is 9.92. The number of fused-ring (bicyclic) bond motifs is 5. The summed E-state index contributed by atoms with van der Waals surface area (Å²) in [6.07, 6.45) is 3.73. The van der Waals surface area contributed by atoms with Crippen LogP contribution in [0.15, 0.2) is 152 Å². The number of aromatic nitrogens is 3. The molecule has 0 fully saturated rings. The second kappa shape index (κ2) is 9.82. The van der Waals surface area contributed by atoms with Gasteiger partial charge in [0.25, 0.3) is 0 Å². The van der Waals surface area contributed by atoms with Crippen molar-refractivity contribution in [2.24, 2.45) is 0 Å². The van der Waals surface area contributed by atoms with Crippen molar-refractivity contribution < 1.29 is 0 Å². The van der Waals surface area contributed by atoms with Gasteiger partial charge >= 0.3 is 0 Å². The van der Waals surface area contributed by atoms with E-state index in [1.165, 1.54) is 43.1 Å². The molecule has 0 radical (unpaired) electrons. The molecule has 9 aromatic rings. The largest absolute Gasteiger partial charge is 0.264 e. The molecule has 0 atom stereocenters. The standard InChI is InChI=1S/C41H25N3/c1-5-13-33-27(9-1)21-28-10-2-6-14-34(28)39(33)37-24-38(44-41(43-37)31-18-17-26-19-20-42-25-32(26)23-31)40-35-15-7-3-11-29(35)22-30-12-4-8-16-36(30)40/h1-25H. The summed E-state index contributed by atoms with van der Waals surface area (Å²) in [4.78, 5) is 15.0. The van der Waals surface area contributed by atoms with E-state index in [-0.39, 0.29) is 0 Å². The Morgan fingerprint density at radius 1 is 0.364 bits per heavy atom. The average Bonchev–Trinajstić information content (AvgIpc) is 3.09. The van der Waals surface area contributed by atoms with Gasteiger partial charge in [-0.15, -0.1) is 0 Å². The SMILES string of the molecule is c1ccc2c(-c3cc(-c4c5ccccc5cc5ccccc45)nc(-c4ccc5ccncc5c4)n3)c3ccccc3cc2c1. The molecule has 0 amide bonds. The lowest BCUT2D eigenvalue weighted by Gasteiger charge is -2.16. The predicted octanol–water partition coefficient (Wildman–Crippen LogP) is 10.6. The third-order valence-corrected chi connectivity index (χ3v) is 8.68. The Morgan fingerprint density at radius 3 is 1.34 bits per heavy atom. The van der Waals surface area contributed by atoms with E-state index in [9.17, 15) is 0 Å². The van der Waals surface area contributed by atoms with Gasteiger partial charge in [-0.25, -0.2) is 9.97 Å². The normalized spacial score (nSPS) is 11.6. The van der Waals surface area contributed by atoms with E-state index in [0.29, 0.717) is 5.82 Å². The maximum absolute atomic E-state index is 5.34. The Labute approximate surface area is 254 Å². The zero-order valence-electron chi connectivity index (χ0n) is 23.8. The summed E-state index contributed by atoms with van der Waals surface area (Å²) in [6.45, 7) is 0. The highest BCUT2D eigenvalue weighted by atomic mass is 14.9. The molecule has 0 unspecified atom stereocenters. The van der Waals surface area contributed by atoms with Crippen molar-refractivity contribution in [3.8, 4) is 33.9 Å². The third kappa shape index (κ3) is 3.94. The van der Waals surface area contributed by atoms with Crippen molar-refractivity contribution in [1.29, 1.82) is 0 Å². The topological polar surface area (TPSA) is 38.7 Å². The van der Waals surface area contributed by atoms with Crippen LogP contribution in [-0.4, -0.2) is 15.0 Å². The number of rotatable bonds is 3. The summed E-state index contributed by atoms with van der Waals surface area (Å²) in [6, 6.07) is 49.5. The first-order valence-corrected chi connectivity index (χ1v) is 14.9. The van der Waals surface area contributed by atoms with Crippen LogP contribution in [0.4, 0.5) is 0 Å². The van der Waals surface area contributed by atoms with Crippen LogP contribution in [-0.2, 0) is 0 Å². The molecule has 0 N–H and O–H groups in total. The molecule has 2 heterocycles. The molecule has 0 aliphatic heterocycles. The number of benzene rings is 7. The highest BCUT2D eigenvalue weighted by Crippen LogP contribution is 2.41. The molecule has 0 bridgehead atoms. The molecule has 204 valence electrons. The lowest BCUT2D eigenvalue weighted by molar-refractivity contribution is 1.19. The molecule has 3 heteroatoms. The van der Waals surface area contributed by atoms with Crippen LogP contribution >= 0.6 is 0 Å². The van der Waals surface area contributed by atoms with E-state index >= 15 is 0 Å². The Morgan fingerprint density at radius 2 is 0.841 bits per heavy atom. The van der Waals surface area contributed by atoms with Crippen LogP contribution in [0, 0.1) is 0 Å². The average molecular weight is 560 g/mol. The van der Waals surface area contributed by atoms with Crippen molar-refractivity contribution in [3.63, 3.8) is 0 Å². The minimum Gasteiger partial charge on any atom is -0.264 e. The van der Waals surface area contributed by atoms with Gasteiger partial charge in [0.2, 0.25) is 0 Å². The molecular weight excluding hydrogens is 534 g/mol. The predicted molar refractivity (Wildman–Crippen MR) is 184 cm³/mol. The summed E-state index contributed by atoms with van der Waals surface area (Å²) in [7, 11) is 0. The van der Waals surface area contributed by atoms with Crippen molar-refractivity contribution in [2.75, 3.05) is 0 Å². The van der Waals surface area contributed by atoms with E-state index < -0.39 is 0 Å². The fraction of sp³-hybridized carbons (Fsp3) is 0. The number of pyridine rings is 1. The van der Waals surface area contributed by atoms with E-state index in [4.69, 9.17) is 9.97 Å². The fourth-order valence-corrected chi connectivity index (χ4v) is 6.64. The van der Waals surface area contributed by atoms with Crippen molar-refractivity contribution in [1.82, 2.24) is 15.0 Å². The maximum atomic E-state index is 5.34. The van der Waals surface area contributed by atoms with E-state index in [1.54, 1.807) is 0 Å². The monoisotopic (exact) mass is 559 g/mol. The van der Waals surface area contributed by atoms with E-state index in [2.05, 4.69) is 138 Å². The maximum Gasteiger partial charge on any atom is 0.160 e. The molecule has 9 rings (SSSR count). The summed E-state index contributed by atoms with van der Waals surface area (Å²) >= 11 is 0. The molecule has 0 saturated heterocycles. The van der Waals surface area contributed by atoms with Gasteiger partial charge in [0.05, 0.1) is 11.4 Å². The minimum absolute atomic E-state index is 0.692. The molecule has 0 aliphatic carbocycles. The lowest BCUT2D eigenvalue weighted by Crippen LogP contribution is -1.98. The molecule has 2 aromatic heterocycles. The molecular formula is C41H25N3. The van der Waals surface area contributed by atoms with Gasteiger partial charge in [-0.3, -0.25) is 4.98 Å². The first-order valence-electron chi connectivity index (χ1n) is 14.9. The van der Waals surface area contributed by atoms with Crippen LogP contribution in [0.5, 0.6) is 0 Å². The van der Waals surface area contributed by atoms with E-state index in [0.717, 1.165) is 38.9 Å². The first-order chi connectivity index (χ1) is 21.8. The number of nitrogens with zero attached hydrogens (tertiary/aromatic N) is 3. The van der Waals surface area contributed by atoms with Gasteiger partial charge in [-0.2, -0.15) is 0 Å². The van der Waals surface area contributed by atoms with Crippen molar-refractivity contribution >= 4 is 53.9 Å². The zero-order valence-corrected chi connectivity index (χ0v) is 23.8. The molecule has 0 spiro atoms. The minimum atomic E-state index is 0.692. The Kier molecular flexibility index (Phi) is 5.50. The van der Waals surface area contributed by atoms with Gasteiger partial charge in [-0.05, 0) is 78.8 Å². The molecule has 3 nitrogen and oxygen atoms in total. The van der Waals surface area contributed by atoms with Crippen molar-refractivity contribution in [3.05, 3.63) is 152 Å². The third-order valence-electron chi connectivity index (χ3n) is 8.68. The number of hydrogen-bond acceptors (Lipinski definition) is 3. The van der Waals surface area contributed by atoms with Crippen LogP contribution in [0.3, 0.4) is 0 Å². The quantitative estimate of drug-likeness (QED) is 0.202. The van der Waals surface area contributed by atoms with Gasteiger partial charge in [-0.1, -0.05) is 109 Å². The summed E-state index contributed by atoms with van der Waals surface area (Å²) in [5, 5.41) is 11.7. The Hall–Kier alpha value is -5.93.